The van der Waals surface area contributed by atoms with E-state index in [1.54, 1.807) is 13.2 Å². The molecule has 3 rings (SSSR count). The number of rotatable bonds is 5. The lowest BCUT2D eigenvalue weighted by Gasteiger charge is -2.27. The quantitative estimate of drug-likeness (QED) is 0.617. The van der Waals surface area contributed by atoms with Gasteiger partial charge in [-0.1, -0.05) is 18.9 Å². The average molecular weight is 317 g/mol. The van der Waals surface area contributed by atoms with Crippen LogP contribution in [0, 0.1) is 0 Å². The van der Waals surface area contributed by atoms with Crippen LogP contribution >= 0.6 is 0 Å². The van der Waals surface area contributed by atoms with E-state index >= 15 is 0 Å². The number of isocyanates is 1. The summed E-state index contributed by atoms with van der Waals surface area (Å²) in [5.41, 5.74) is 0.556. The second kappa shape index (κ2) is 7.16. The van der Waals surface area contributed by atoms with Crippen LogP contribution in [0.3, 0.4) is 0 Å². The molecule has 1 saturated heterocycles. The highest BCUT2D eigenvalue weighted by Gasteiger charge is 2.36. The van der Waals surface area contributed by atoms with Gasteiger partial charge in [-0.3, -0.25) is 0 Å². The number of hydrogen-bond donors (Lipinski definition) is 0. The van der Waals surface area contributed by atoms with Gasteiger partial charge >= 0.3 is 0 Å². The molecule has 1 heterocycles. The van der Waals surface area contributed by atoms with Crippen LogP contribution in [0.1, 0.15) is 44.1 Å². The smallest absolute Gasteiger partial charge is 0.235 e. The number of hydrogen-bond acceptors (Lipinski definition) is 5. The molecule has 1 aliphatic carbocycles. The van der Waals surface area contributed by atoms with E-state index < -0.39 is 5.54 Å². The van der Waals surface area contributed by atoms with Gasteiger partial charge in [-0.15, -0.1) is 0 Å². The monoisotopic (exact) mass is 317 g/mol. The van der Waals surface area contributed by atoms with E-state index in [-0.39, 0.29) is 6.10 Å². The topological polar surface area (TPSA) is 57.1 Å². The molecule has 0 spiro atoms. The molecule has 0 radical (unpaired) electrons. The van der Waals surface area contributed by atoms with Gasteiger partial charge in [0.2, 0.25) is 6.08 Å². The van der Waals surface area contributed by atoms with Gasteiger partial charge in [-0.25, -0.2) is 4.79 Å². The van der Waals surface area contributed by atoms with Crippen molar-refractivity contribution in [1.29, 1.82) is 0 Å². The molecule has 1 aromatic carbocycles. The van der Waals surface area contributed by atoms with Crippen LogP contribution < -0.4 is 9.47 Å². The van der Waals surface area contributed by atoms with E-state index in [9.17, 15) is 4.79 Å². The Bertz CT molecular complexity index is 583. The molecule has 1 saturated carbocycles. The van der Waals surface area contributed by atoms with Gasteiger partial charge in [-0.2, -0.15) is 4.99 Å². The Balaban J connectivity index is 1.90. The second-order valence-corrected chi connectivity index (χ2v) is 6.26. The third-order valence-corrected chi connectivity index (χ3v) is 4.80. The molecule has 1 atom stereocenters. The van der Waals surface area contributed by atoms with Crippen molar-refractivity contribution in [2.75, 3.05) is 20.3 Å². The Kier molecular flexibility index (Phi) is 4.99. The zero-order chi connectivity index (χ0) is 16.1. The molecule has 5 heteroatoms. The van der Waals surface area contributed by atoms with Crippen LogP contribution in [0.25, 0.3) is 0 Å². The molecule has 5 nitrogen and oxygen atoms in total. The van der Waals surface area contributed by atoms with Gasteiger partial charge in [0, 0.05) is 6.61 Å². The summed E-state index contributed by atoms with van der Waals surface area (Å²) in [6, 6.07) is 5.85. The van der Waals surface area contributed by atoms with Crippen LogP contribution in [0.5, 0.6) is 11.5 Å². The molecule has 1 aliphatic heterocycles. The number of nitrogens with zero attached hydrogens (tertiary/aromatic N) is 1. The molecule has 1 unspecified atom stereocenters. The van der Waals surface area contributed by atoms with Crippen molar-refractivity contribution in [2.24, 2.45) is 4.99 Å². The summed E-state index contributed by atoms with van der Waals surface area (Å²) < 4.78 is 17.0. The van der Waals surface area contributed by atoms with E-state index in [1.807, 2.05) is 18.2 Å². The predicted octanol–water partition coefficient (Wildman–Crippen LogP) is 3.36. The van der Waals surface area contributed by atoms with Crippen molar-refractivity contribution < 1.29 is 19.0 Å². The van der Waals surface area contributed by atoms with Gasteiger partial charge in [0.1, 0.15) is 6.10 Å². The zero-order valence-electron chi connectivity index (χ0n) is 13.5. The summed E-state index contributed by atoms with van der Waals surface area (Å²) in [5.74, 6) is 1.40. The normalized spacial score (nSPS) is 23.1. The van der Waals surface area contributed by atoms with Gasteiger partial charge < -0.3 is 14.2 Å². The highest BCUT2D eigenvalue weighted by molar-refractivity contribution is 5.47. The van der Waals surface area contributed by atoms with Gasteiger partial charge in [-0.05, 0) is 43.4 Å². The fourth-order valence-corrected chi connectivity index (χ4v) is 3.55. The Morgan fingerprint density at radius 1 is 1.26 bits per heavy atom. The van der Waals surface area contributed by atoms with Crippen LogP contribution in [-0.4, -0.2) is 32.5 Å². The van der Waals surface area contributed by atoms with E-state index in [1.165, 1.54) is 0 Å². The lowest BCUT2D eigenvalue weighted by molar-refractivity contribution is 0.00637. The van der Waals surface area contributed by atoms with Gasteiger partial charge in [0.05, 0.1) is 19.3 Å². The molecular formula is C18H23NO4. The largest absolute Gasteiger partial charge is 0.493 e. The van der Waals surface area contributed by atoms with Crippen molar-refractivity contribution >= 4 is 6.08 Å². The maximum Gasteiger partial charge on any atom is 0.235 e. The fourth-order valence-electron chi connectivity index (χ4n) is 3.55. The standard InChI is InChI=1S/C18H23NO4/c1-21-16-7-6-14(18(19-13-20)8-2-3-9-18)11-17(16)23-15-5-4-10-22-12-15/h6-7,11,15H,2-5,8-10,12H2,1H3. The predicted molar refractivity (Wildman–Crippen MR) is 85.7 cm³/mol. The summed E-state index contributed by atoms with van der Waals surface area (Å²) in [7, 11) is 1.63. The first-order valence-electron chi connectivity index (χ1n) is 8.29. The minimum absolute atomic E-state index is 0.0435. The average Bonchev–Trinajstić information content (AvgIpc) is 3.06. The first kappa shape index (κ1) is 16.0. The lowest BCUT2D eigenvalue weighted by Crippen LogP contribution is -2.28. The molecule has 0 amide bonds. The maximum absolute atomic E-state index is 10.9. The molecule has 0 bridgehead atoms. The molecule has 23 heavy (non-hydrogen) atoms. The minimum Gasteiger partial charge on any atom is -0.493 e. The second-order valence-electron chi connectivity index (χ2n) is 6.26. The number of ether oxygens (including phenoxy) is 3. The highest BCUT2D eigenvalue weighted by atomic mass is 16.5. The first-order chi connectivity index (χ1) is 11.3. The Morgan fingerprint density at radius 2 is 2.09 bits per heavy atom. The fraction of sp³-hybridized carbons (Fsp3) is 0.611. The molecule has 2 aliphatic rings. The Hall–Kier alpha value is -1.84. The van der Waals surface area contributed by atoms with Crippen molar-refractivity contribution in [2.45, 2.75) is 50.2 Å². The molecular weight excluding hydrogens is 294 g/mol. The molecule has 1 aromatic rings. The zero-order valence-corrected chi connectivity index (χ0v) is 13.5. The SMILES string of the molecule is COc1ccc(C2(N=C=O)CCCC2)cc1OC1CCCOC1. The third kappa shape index (κ3) is 3.41. The maximum atomic E-state index is 10.9. The summed E-state index contributed by atoms with van der Waals surface area (Å²) in [6.45, 7) is 1.40. The van der Waals surface area contributed by atoms with E-state index in [0.29, 0.717) is 18.1 Å². The summed E-state index contributed by atoms with van der Waals surface area (Å²) in [4.78, 5) is 15.0. The highest BCUT2D eigenvalue weighted by Crippen LogP contribution is 2.44. The van der Waals surface area contributed by atoms with Crippen LogP contribution in [0.2, 0.25) is 0 Å². The van der Waals surface area contributed by atoms with Crippen molar-refractivity contribution in [1.82, 2.24) is 0 Å². The van der Waals surface area contributed by atoms with Crippen molar-refractivity contribution in [3.05, 3.63) is 23.8 Å². The van der Waals surface area contributed by atoms with Crippen molar-refractivity contribution in [3.8, 4) is 11.5 Å². The van der Waals surface area contributed by atoms with Gasteiger partial charge in [0.25, 0.3) is 0 Å². The summed E-state index contributed by atoms with van der Waals surface area (Å²) >= 11 is 0. The Labute approximate surface area is 136 Å². The molecule has 0 aromatic heterocycles. The third-order valence-electron chi connectivity index (χ3n) is 4.80. The summed E-state index contributed by atoms with van der Waals surface area (Å²) in [6.07, 6.45) is 7.69. The molecule has 0 N–H and O–H groups in total. The number of carbonyl (C=O) groups excluding carboxylic acids is 1. The molecule has 124 valence electrons. The van der Waals surface area contributed by atoms with E-state index in [4.69, 9.17) is 14.2 Å². The molecule has 2 fully saturated rings. The van der Waals surface area contributed by atoms with E-state index in [2.05, 4.69) is 4.99 Å². The minimum atomic E-state index is -0.449. The number of methoxy groups -OCH3 is 1. The van der Waals surface area contributed by atoms with Crippen molar-refractivity contribution in [3.63, 3.8) is 0 Å². The first-order valence-corrected chi connectivity index (χ1v) is 8.29. The van der Waals surface area contributed by atoms with Crippen LogP contribution in [-0.2, 0) is 15.1 Å². The van der Waals surface area contributed by atoms with Gasteiger partial charge in [0.15, 0.2) is 11.5 Å². The number of benzene rings is 1. The van der Waals surface area contributed by atoms with Crippen LogP contribution in [0.15, 0.2) is 23.2 Å². The lowest BCUT2D eigenvalue weighted by atomic mass is 9.88. The van der Waals surface area contributed by atoms with Crippen LogP contribution in [0.4, 0.5) is 0 Å². The Morgan fingerprint density at radius 3 is 2.74 bits per heavy atom. The number of aliphatic imine (C=N–C) groups is 1. The summed E-state index contributed by atoms with van der Waals surface area (Å²) in [5, 5.41) is 0. The van der Waals surface area contributed by atoms with E-state index in [0.717, 1.165) is 50.7 Å².